The highest BCUT2D eigenvalue weighted by atomic mass is 16.5. The van der Waals surface area contributed by atoms with E-state index < -0.39 is 0 Å². The van der Waals surface area contributed by atoms with Gasteiger partial charge in [0, 0.05) is 6.42 Å². The summed E-state index contributed by atoms with van der Waals surface area (Å²) >= 11 is 0. The normalized spacial score (nSPS) is 10.3. The van der Waals surface area contributed by atoms with Crippen LogP contribution in [0.5, 0.6) is 0 Å². The number of allylic oxidation sites excluding steroid dienone is 1. The number of carbonyl (C=O) groups is 1. The van der Waals surface area contributed by atoms with Crippen LogP contribution in [0.15, 0.2) is 12.2 Å². The van der Waals surface area contributed by atoms with Crippen LogP contribution in [0, 0.1) is 0 Å². The minimum absolute atomic E-state index is 0.138. The number of carbonyl (C=O) groups excluding carboxylic acids is 1. The van der Waals surface area contributed by atoms with Crippen LogP contribution in [0.2, 0.25) is 0 Å². The zero-order valence-electron chi connectivity index (χ0n) is 8.22. The highest BCUT2D eigenvalue weighted by molar-refractivity contribution is 5.79. The Morgan fingerprint density at radius 1 is 1.42 bits per heavy atom. The Hall–Kier alpha value is -0.630. The summed E-state index contributed by atoms with van der Waals surface area (Å²) < 4.78 is 5.16. The van der Waals surface area contributed by atoms with E-state index in [9.17, 15) is 4.79 Å². The highest BCUT2D eigenvalue weighted by Gasteiger charge is 2.02. The average Bonchev–Trinajstić information content (AvgIpc) is 1.96. The van der Waals surface area contributed by atoms with Crippen LogP contribution >= 0.6 is 0 Å². The first-order valence-corrected chi connectivity index (χ1v) is 4.30. The summed E-state index contributed by atoms with van der Waals surface area (Å²) in [6.07, 6.45) is 1.47. The van der Waals surface area contributed by atoms with Gasteiger partial charge in [-0.05, 0) is 27.2 Å². The lowest BCUT2D eigenvalue weighted by Crippen LogP contribution is -2.12. The lowest BCUT2D eigenvalue weighted by atomic mass is 10.1. The van der Waals surface area contributed by atoms with E-state index in [0.29, 0.717) is 6.42 Å². The molecule has 0 N–H and O–H groups in total. The van der Waals surface area contributed by atoms with Gasteiger partial charge < -0.3 is 4.74 Å². The van der Waals surface area contributed by atoms with Crippen LogP contribution in [0.1, 0.15) is 33.6 Å². The Kier molecular flexibility index (Phi) is 5.64. The van der Waals surface area contributed by atoms with Gasteiger partial charge in [0.1, 0.15) is 6.61 Å². The SMILES string of the molecule is C=C(C)CCC(=O)COC(C)C. The number of rotatable bonds is 6. The second kappa shape index (κ2) is 5.95. The Labute approximate surface area is 74.6 Å². The predicted molar refractivity (Wildman–Crippen MR) is 50.1 cm³/mol. The summed E-state index contributed by atoms with van der Waals surface area (Å²) in [5.41, 5.74) is 1.05. The van der Waals surface area contributed by atoms with E-state index in [2.05, 4.69) is 6.58 Å². The van der Waals surface area contributed by atoms with Crippen molar-refractivity contribution in [2.45, 2.75) is 39.7 Å². The second-order valence-corrected chi connectivity index (χ2v) is 3.36. The first kappa shape index (κ1) is 11.4. The van der Waals surface area contributed by atoms with Crippen molar-refractivity contribution < 1.29 is 9.53 Å². The maximum atomic E-state index is 11.1. The molecule has 0 saturated carbocycles. The Bertz CT molecular complexity index is 159. The summed E-state index contributed by atoms with van der Waals surface area (Å²) in [7, 11) is 0. The van der Waals surface area contributed by atoms with E-state index in [1.165, 1.54) is 0 Å². The molecule has 0 aromatic carbocycles. The molecule has 0 aliphatic heterocycles. The largest absolute Gasteiger partial charge is 0.371 e. The first-order chi connectivity index (χ1) is 5.52. The van der Waals surface area contributed by atoms with Gasteiger partial charge in [0.05, 0.1) is 6.10 Å². The number of ether oxygens (including phenoxy) is 1. The van der Waals surface area contributed by atoms with Crippen molar-refractivity contribution in [2.24, 2.45) is 0 Å². The van der Waals surface area contributed by atoms with Gasteiger partial charge in [-0.15, -0.1) is 6.58 Å². The molecule has 2 heteroatoms. The van der Waals surface area contributed by atoms with Crippen molar-refractivity contribution in [3.8, 4) is 0 Å². The Morgan fingerprint density at radius 2 is 2.00 bits per heavy atom. The lowest BCUT2D eigenvalue weighted by molar-refractivity contribution is -0.124. The highest BCUT2D eigenvalue weighted by Crippen LogP contribution is 2.01. The molecule has 0 bridgehead atoms. The average molecular weight is 170 g/mol. The van der Waals surface area contributed by atoms with Crippen LogP contribution in [-0.4, -0.2) is 18.5 Å². The third-order valence-electron chi connectivity index (χ3n) is 1.41. The molecule has 0 spiro atoms. The smallest absolute Gasteiger partial charge is 0.158 e. The van der Waals surface area contributed by atoms with E-state index >= 15 is 0 Å². The van der Waals surface area contributed by atoms with Crippen molar-refractivity contribution in [3.05, 3.63) is 12.2 Å². The summed E-state index contributed by atoms with van der Waals surface area (Å²) in [5.74, 6) is 0.159. The van der Waals surface area contributed by atoms with Crippen LogP contribution < -0.4 is 0 Å². The predicted octanol–water partition coefficient (Wildman–Crippen LogP) is 2.34. The van der Waals surface area contributed by atoms with Gasteiger partial charge in [-0.2, -0.15) is 0 Å². The minimum Gasteiger partial charge on any atom is -0.371 e. The maximum Gasteiger partial charge on any atom is 0.158 e. The molecule has 0 heterocycles. The summed E-state index contributed by atoms with van der Waals surface area (Å²) in [6, 6.07) is 0. The number of ketones is 1. The Morgan fingerprint density at radius 3 is 2.42 bits per heavy atom. The zero-order chi connectivity index (χ0) is 9.56. The molecule has 0 aliphatic rings. The van der Waals surface area contributed by atoms with Crippen LogP contribution in [0.25, 0.3) is 0 Å². The fourth-order valence-corrected chi connectivity index (χ4v) is 0.685. The summed E-state index contributed by atoms with van der Waals surface area (Å²) in [5, 5.41) is 0. The van der Waals surface area contributed by atoms with Crippen LogP contribution in [-0.2, 0) is 9.53 Å². The molecule has 0 amide bonds. The third kappa shape index (κ3) is 7.48. The third-order valence-corrected chi connectivity index (χ3v) is 1.41. The monoisotopic (exact) mass is 170 g/mol. The fraction of sp³-hybridized carbons (Fsp3) is 0.700. The number of hydrogen-bond donors (Lipinski definition) is 0. The van der Waals surface area contributed by atoms with Gasteiger partial charge in [-0.3, -0.25) is 4.79 Å². The molecule has 0 radical (unpaired) electrons. The first-order valence-electron chi connectivity index (χ1n) is 4.30. The molecule has 0 rings (SSSR count). The molecule has 2 nitrogen and oxygen atoms in total. The van der Waals surface area contributed by atoms with Crippen molar-refractivity contribution in [1.82, 2.24) is 0 Å². The van der Waals surface area contributed by atoms with Gasteiger partial charge in [-0.25, -0.2) is 0 Å². The van der Waals surface area contributed by atoms with E-state index in [1.54, 1.807) is 0 Å². The van der Waals surface area contributed by atoms with Crippen molar-refractivity contribution in [2.75, 3.05) is 6.61 Å². The van der Waals surface area contributed by atoms with Crippen LogP contribution in [0.4, 0.5) is 0 Å². The molecule has 0 unspecified atom stereocenters. The van der Waals surface area contributed by atoms with E-state index in [4.69, 9.17) is 4.74 Å². The van der Waals surface area contributed by atoms with Crippen molar-refractivity contribution in [3.63, 3.8) is 0 Å². The molecular weight excluding hydrogens is 152 g/mol. The molecule has 0 saturated heterocycles. The maximum absolute atomic E-state index is 11.1. The molecule has 0 aromatic rings. The van der Waals surface area contributed by atoms with E-state index in [-0.39, 0.29) is 18.5 Å². The van der Waals surface area contributed by atoms with Gasteiger partial charge in [-0.1, -0.05) is 5.57 Å². The second-order valence-electron chi connectivity index (χ2n) is 3.36. The minimum atomic E-state index is 0.138. The zero-order valence-corrected chi connectivity index (χ0v) is 8.22. The van der Waals surface area contributed by atoms with Gasteiger partial charge in [0.25, 0.3) is 0 Å². The van der Waals surface area contributed by atoms with Crippen molar-refractivity contribution >= 4 is 5.78 Å². The number of Topliss-reactive ketones (excluding diaryl/α,β-unsaturated/α-hetero) is 1. The molecule has 0 aliphatic carbocycles. The molecule has 0 atom stereocenters. The van der Waals surface area contributed by atoms with E-state index in [0.717, 1.165) is 12.0 Å². The topological polar surface area (TPSA) is 26.3 Å². The summed E-state index contributed by atoms with van der Waals surface area (Å²) in [6.45, 7) is 9.74. The summed E-state index contributed by atoms with van der Waals surface area (Å²) in [4.78, 5) is 11.1. The molecule has 70 valence electrons. The molecule has 12 heavy (non-hydrogen) atoms. The molecule has 0 aromatic heterocycles. The fourth-order valence-electron chi connectivity index (χ4n) is 0.685. The lowest BCUT2D eigenvalue weighted by Gasteiger charge is -2.05. The van der Waals surface area contributed by atoms with E-state index in [1.807, 2.05) is 20.8 Å². The van der Waals surface area contributed by atoms with Gasteiger partial charge in [0.2, 0.25) is 0 Å². The molecular formula is C10H18O2. The van der Waals surface area contributed by atoms with Crippen molar-refractivity contribution in [1.29, 1.82) is 0 Å². The standard InChI is InChI=1S/C10H18O2/c1-8(2)5-6-10(11)7-12-9(3)4/h9H,1,5-7H2,2-4H3. The van der Waals surface area contributed by atoms with Crippen LogP contribution in [0.3, 0.4) is 0 Å². The number of hydrogen-bond acceptors (Lipinski definition) is 2. The van der Waals surface area contributed by atoms with Gasteiger partial charge >= 0.3 is 0 Å². The molecule has 0 fully saturated rings. The quantitative estimate of drug-likeness (QED) is 0.572. The Balaban J connectivity index is 3.40. The van der Waals surface area contributed by atoms with Gasteiger partial charge in [0.15, 0.2) is 5.78 Å².